The van der Waals surface area contributed by atoms with Crippen LogP contribution >= 0.6 is 0 Å². The second kappa shape index (κ2) is 4.10. The fourth-order valence-corrected chi connectivity index (χ4v) is 2.53. The highest BCUT2D eigenvalue weighted by Gasteiger charge is 2.53. The monoisotopic (exact) mass is 213 g/mol. The molecule has 2 unspecified atom stereocenters. The fourth-order valence-electron chi connectivity index (χ4n) is 2.53. The summed E-state index contributed by atoms with van der Waals surface area (Å²) in [5, 5.41) is 12.7. The van der Waals surface area contributed by atoms with Crippen LogP contribution in [0.1, 0.15) is 26.2 Å². The Morgan fingerprint density at radius 1 is 1.67 bits per heavy atom. The Kier molecular flexibility index (Phi) is 2.98. The molecule has 0 spiro atoms. The lowest BCUT2D eigenvalue weighted by atomic mass is 9.88. The second-order valence-corrected chi connectivity index (χ2v) is 4.80. The van der Waals surface area contributed by atoms with Crippen molar-refractivity contribution >= 4 is 5.97 Å². The summed E-state index contributed by atoms with van der Waals surface area (Å²) >= 11 is 0. The summed E-state index contributed by atoms with van der Waals surface area (Å²) in [5.41, 5.74) is -0.123. The topological polar surface area (TPSA) is 58.6 Å². The molecule has 2 N–H and O–H groups in total. The second-order valence-electron chi connectivity index (χ2n) is 4.80. The Balaban J connectivity index is 2.05. The van der Waals surface area contributed by atoms with Gasteiger partial charge in [-0.25, -0.2) is 0 Å². The molecule has 1 aliphatic carbocycles. The highest BCUT2D eigenvalue weighted by Crippen LogP contribution is 2.52. The fraction of sp³-hybridized carbons (Fsp3) is 0.909. The Bertz CT molecular complexity index is 244. The van der Waals surface area contributed by atoms with Crippen LogP contribution < -0.4 is 5.32 Å². The van der Waals surface area contributed by atoms with Crippen LogP contribution in [-0.2, 0) is 9.53 Å². The summed E-state index contributed by atoms with van der Waals surface area (Å²) in [5.74, 6) is 0.148. The average Bonchev–Trinajstić information content (AvgIpc) is 2.81. The molecule has 4 nitrogen and oxygen atoms in total. The van der Waals surface area contributed by atoms with E-state index in [1.807, 2.05) is 0 Å². The number of esters is 1. The molecule has 2 rings (SSSR count). The maximum Gasteiger partial charge on any atom is 0.302 e. The van der Waals surface area contributed by atoms with E-state index in [2.05, 4.69) is 5.32 Å². The maximum absolute atomic E-state index is 11.1. The molecular weight excluding hydrogens is 194 g/mol. The van der Waals surface area contributed by atoms with Gasteiger partial charge in [0, 0.05) is 24.8 Å². The number of nitrogens with one attached hydrogen (secondary N) is 1. The molecule has 1 aliphatic heterocycles. The first-order valence-electron chi connectivity index (χ1n) is 5.67. The lowest BCUT2D eigenvalue weighted by molar-refractivity contribution is -0.154. The van der Waals surface area contributed by atoms with Crippen LogP contribution in [0.15, 0.2) is 0 Å². The first-order valence-corrected chi connectivity index (χ1v) is 5.67. The zero-order chi connectivity index (χ0) is 10.9. The van der Waals surface area contributed by atoms with Crippen molar-refractivity contribution in [2.24, 2.45) is 11.3 Å². The number of ether oxygens (including phenoxy) is 1. The van der Waals surface area contributed by atoms with Gasteiger partial charge in [0.1, 0.15) is 6.10 Å². The van der Waals surface area contributed by atoms with Crippen molar-refractivity contribution in [2.75, 3.05) is 19.7 Å². The number of carbonyl (C=O) groups is 1. The van der Waals surface area contributed by atoms with E-state index in [1.54, 1.807) is 0 Å². The van der Waals surface area contributed by atoms with E-state index < -0.39 is 0 Å². The van der Waals surface area contributed by atoms with Gasteiger partial charge in [0.25, 0.3) is 0 Å². The SMILES string of the molecule is CC(=O)OC(C1CCNC1)C1(CO)CC1. The molecule has 1 saturated carbocycles. The molecule has 0 aromatic heterocycles. The highest BCUT2D eigenvalue weighted by molar-refractivity contribution is 5.66. The van der Waals surface area contributed by atoms with Gasteiger partial charge < -0.3 is 15.2 Å². The van der Waals surface area contributed by atoms with Crippen LogP contribution in [0.5, 0.6) is 0 Å². The van der Waals surface area contributed by atoms with E-state index in [9.17, 15) is 9.90 Å². The number of hydrogen-bond acceptors (Lipinski definition) is 4. The number of carbonyl (C=O) groups excluding carboxylic acids is 1. The minimum absolute atomic E-state index is 0.0880. The van der Waals surface area contributed by atoms with Gasteiger partial charge in [0.05, 0.1) is 6.61 Å². The average molecular weight is 213 g/mol. The number of rotatable bonds is 4. The summed E-state index contributed by atoms with van der Waals surface area (Å²) in [6.07, 6.45) is 2.92. The molecule has 15 heavy (non-hydrogen) atoms. The van der Waals surface area contributed by atoms with Crippen molar-refractivity contribution < 1.29 is 14.6 Å². The van der Waals surface area contributed by atoms with E-state index in [-0.39, 0.29) is 24.1 Å². The summed E-state index contributed by atoms with van der Waals surface area (Å²) in [6, 6.07) is 0. The van der Waals surface area contributed by atoms with Gasteiger partial charge in [0.2, 0.25) is 0 Å². The number of aliphatic hydroxyl groups is 1. The van der Waals surface area contributed by atoms with Gasteiger partial charge in [-0.2, -0.15) is 0 Å². The molecule has 2 fully saturated rings. The molecule has 1 heterocycles. The standard InChI is InChI=1S/C11H19NO3/c1-8(14)15-10(9-2-5-12-6-9)11(7-13)3-4-11/h9-10,12-13H,2-7H2,1H3. The van der Waals surface area contributed by atoms with Gasteiger partial charge >= 0.3 is 5.97 Å². The highest BCUT2D eigenvalue weighted by atomic mass is 16.5. The first-order chi connectivity index (χ1) is 7.18. The molecule has 0 radical (unpaired) electrons. The molecule has 0 amide bonds. The van der Waals surface area contributed by atoms with E-state index in [4.69, 9.17) is 4.74 Å². The van der Waals surface area contributed by atoms with Gasteiger partial charge in [-0.05, 0) is 25.8 Å². The molecule has 1 saturated heterocycles. The molecule has 2 atom stereocenters. The molecular formula is C11H19NO3. The van der Waals surface area contributed by atoms with E-state index in [1.165, 1.54) is 6.92 Å². The van der Waals surface area contributed by atoms with E-state index in [0.717, 1.165) is 32.4 Å². The molecule has 0 aromatic carbocycles. The first kappa shape index (κ1) is 10.9. The summed E-state index contributed by atoms with van der Waals surface area (Å²) in [6.45, 7) is 3.48. The van der Waals surface area contributed by atoms with Gasteiger partial charge in [0.15, 0.2) is 0 Å². The Morgan fingerprint density at radius 2 is 2.40 bits per heavy atom. The van der Waals surface area contributed by atoms with Gasteiger partial charge in [-0.1, -0.05) is 0 Å². The van der Waals surface area contributed by atoms with Crippen molar-refractivity contribution in [3.8, 4) is 0 Å². The lowest BCUT2D eigenvalue weighted by Crippen LogP contribution is -2.38. The summed E-state index contributed by atoms with van der Waals surface area (Å²) < 4.78 is 5.41. The minimum Gasteiger partial charge on any atom is -0.462 e. The third kappa shape index (κ3) is 2.16. The van der Waals surface area contributed by atoms with Crippen molar-refractivity contribution in [2.45, 2.75) is 32.3 Å². The largest absolute Gasteiger partial charge is 0.462 e. The van der Waals surface area contributed by atoms with Crippen LogP contribution in [0.2, 0.25) is 0 Å². The van der Waals surface area contributed by atoms with Crippen LogP contribution in [0.25, 0.3) is 0 Å². The van der Waals surface area contributed by atoms with Crippen LogP contribution in [0.4, 0.5) is 0 Å². The Labute approximate surface area is 90.0 Å². The predicted molar refractivity (Wildman–Crippen MR) is 55.3 cm³/mol. The van der Waals surface area contributed by atoms with Crippen LogP contribution in [-0.4, -0.2) is 36.9 Å². The Morgan fingerprint density at radius 3 is 2.80 bits per heavy atom. The van der Waals surface area contributed by atoms with Crippen molar-refractivity contribution in [3.05, 3.63) is 0 Å². The zero-order valence-electron chi connectivity index (χ0n) is 9.16. The Hall–Kier alpha value is -0.610. The normalized spacial score (nSPS) is 29.9. The third-order valence-electron chi connectivity index (χ3n) is 3.63. The quantitative estimate of drug-likeness (QED) is 0.659. The number of hydrogen-bond donors (Lipinski definition) is 2. The van der Waals surface area contributed by atoms with Crippen molar-refractivity contribution in [1.29, 1.82) is 0 Å². The van der Waals surface area contributed by atoms with E-state index >= 15 is 0 Å². The smallest absolute Gasteiger partial charge is 0.302 e. The molecule has 2 aliphatic rings. The third-order valence-corrected chi connectivity index (χ3v) is 3.63. The number of aliphatic hydroxyl groups excluding tert-OH is 1. The summed E-state index contributed by atoms with van der Waals surface area (Å²) in [4.78, 5) is 11.1. The lowest BCUT2D eigenvalue weighted by Gasteiger charge is -2.29. The maximum atomic E-state index is 11.1. The molecule has 0 bridgehead atoms. The zero-order valence-corrected chi connectivity index (χ0v) is 9.16. The summed E-state index contributed by atoms with van der Waals surface area (Å²) in [7, 11) is 0. The van der Waals surface area contributed by atoms with Crippen LogP contribution in [0.3, 0.4) is 0 Å². The van der Waals surface area contributed by atoms with Gasteiger partial charge in [-0.15, -0.1) is 0 Å². The molecule has 86 valence electrons. The minimum atomic E-state index is -0.230. The molecule has 4 heteroatoms. The van der Waals surface area contributed by atoms with Crippen molar-refractivity contribution in [3.63, 3.8) is 0 Å². The predicted octanol–water partition coefficient (Wildman–Crippen LogP) is 0.300. The molecule has 0 aromatic rings. The van der Waals surface area contributed by atoms with Crippen LogP contribution in [0, 0.1) is 11.3 Å². The van der Waals surface area contributed by atoms with Gasteiger partial charge in [-0.3, -0.25) is 4.79 Å². The van der Waals surface area contributed by atoms with Crippen molar-refractivity contribution in [1.82, 2.24) is 5.32 Å². The van der Waals surface area contributed by atoms with E-state index in [0.29, 0.717) is 5.92 Å².